The maximum Gasteiger partial charge on any atom is 0.0643 e. The van der Waals surface area contributed by atoms with Crippen molar-refractivity contribution in [1.82, 2.24) is 5.32 Å². The summed E-state index contributed by atoms with van der Waals surface area (Å²) in [4.78, 5) is 0. The van der Waals surface area contributed by atoms with Gasteiger partial charge in [0, 0.05) is 0 Å². The fraction of sp³-hybridized carbons (Fsp3) is 0.714. The minimum absolute atomic E-state index is 0.616. The first-order valence-electron chi connectivity index (χ1n) is 3.35. The Morgan fingerprint density at radius 2 is 2.44 bits per heavy atom. The summed E-state index contributed by atoms with van der Waals surface area (Å²) < 4.78 is 4.98. The lowest BCUT2D eigenvalue weighted by molar-refractivity contribution is -0.00460. The summed E-state index contributed by atoms with van der Waals surface area (Å²) in [7, 11) is 0. The van der Waals surface area contributed by atoms with E-state index < -0.39 is 0 Å². The monoisotopic (exact) mass is 127 g/mol. The molecule has 52 valence electrons. The minimum atomic E-state index is 0.616. The second kappa shape index (κ2) is 3.64. The Morgan fingerprint density at radius 3 is 2.89 bits per heavy atom. The van der Waals surface area contributed by atoms with Crippen LogP contribution in [0.15, 0.2) is 12.7 Å². The van der Waals surface area contributed by atoms with Crippen molar-refractivity contribution in [2.24, 2.45) is 0 Å². The maximum atomic E-state index is 4.98. The minimum Gasteiger partial charge on any atom is -0.378 e. The highest BCUT2D eigenvalue weighted by Gasteiger charge is 2.15. The molecule has 0 bridgehead atoms. The highest BCUT2D eigenvalue weighted by atomic mass is 16.5. The Labute approximate surface area is 55.9 Å². The summed E-state index contributed by atoms with van der Waals surface area (Å²) in [6.45, 7) is 6.44. The van der Waals surface area contributed by atoms with Gasteiger partial charge in [-0.15, -0.1) is 6.58 Å². The number of nitrogens with one attached hydrogen (secondary N) is 1. The number of hydrogen-bond acceptors (Lipinski definition) is 2. The van der Waals surface area contributed by atoms with Gasteiger partial charge < -0.3 is 10.1 Å². The molecule has 0 unspecified atom stereocenters. The van der Waals surface area contributed by atoms with Crippen LogP contribution in [-0.2, 0) is 4.74 Å². The van der Waals surface area contributed by atoms with Gasteiger partial charge in [0.05, 0.1) is 19.3 Å². The first-order valence-corrected chi connectivity index (χ1v) is 3.35. The van der Waals surface area contributed by atoms with Crippen LogP contribution in [-0.4, -0.2) is 25.8 Å². The molecule has 1 fully saturated rings. The van der Waals surface area contributed by atoms with Gasteiger partial charge in [-0.05, 0) is 13.0 Å². The fourth-order valence-corrected chi connectivity index (χ4v) is 0.743. The van der Waals surface area contributed by atoms with Gasteiger partial charge in [0.2, 0.25) is 0 Å². The van der Waals surface area contributed by atoms with Gasteiger partial charge in [-0.1, -0.05) is 6.08 Å². The summed E-state index contributed by atoms with van der Waals surface area (Å²) in [5.41, 5.74) is 0. The lowest BCUT2D eigenvalue weighted by Crippen LogP contribution is -2.46. The van der Waals surface area contributed by atoms with E-state index >= 15 is 0 Å². The van der Waals surface area contributed by atoms with Crippen LogP contribution >= 0.6 is 0 Å². The van der Waals surface area contributed by atoms with Crippen molar-refractivity contribution < 1.29 is 4.74 Å². The van der Waals surface area contributed by atoms with E-state index in [1.807, 2.05) is 6.08 Å². The highest BCUT2D eigenvalue weighted by Crippen LogP contribution is 1.98. The van der Waals surface area contributed by atoms with Gasteiger partial charge in [0.15, 0.2) is 0 Å². The van der Waals surface area contributed by atoms with Crippen LogP contribution in [0.2, 0.25) is 0 Å². The predicted molar refractivity (Wildman–Crippen MR) is 37.4 cm³/mol. The maximum absolute atomic E-state index is 4.98. The fourth-order valence-electron chi connectivity index (χ4n) is 0.743. The third-order valence-electron chi connectivity index (χ3n) is 1.42. The Hall–Kier alpha value is -0.340. The molecule has 0 spiro atoms. The molecule has 1 aliphatic rings. The SMILES string of the molecule is C=CCCNC1COC1. The van der Waals surface area contributed by atoms with Crippen LogP contribution in [0.3, 0.4) is 0 Å². The van der Waals surface area contributed by atoms with E-state index in [1.54, 1.807) is 0 Å². The molecule has 2 heteroatoms. The van der Waals surface area contributed by atoms with Crippen LogP contribution < -0.4 is 5.32 Å². The normalized spacial score (nSPS) is 19.1. The molecule has 1 rings (SSSR count). The molecule has 0 aliphatic carbocycles. The molecule has 1 aliphatic heterocycles. The Morgan fingerprint density at radius 1 is 1.67 bits per heavy atom. The molecule has 0 aromatic carbocycles. The molecule has 0 saturated carbocycles. The summed E-state index contributed by atoms with van der Waals surface area (Å²) in [6, 6.07) is 0.616. The average molecular weight is 127 g/mol. The van der Waals surface area contributed by atoms with E-state index in [0.717, 1.165) is 26.2 Å². The molecule has 9 heavy (non-hydrogen) atoms. The molecule has 0 atom stereocenters. The second-order valence-corrected chi connectivity index (χ2v) is 2.27. The van der Waals surface area contributed by atoms with Crippen molar-refractivity contribution in [3.8, 4) is 0 Å². The second-order valence-electron chi connectivity index (χ2n) is 2.27. The van der Waals surface area contributed by atoms with Crippen molar-refractivity contribution in [2.45, 2.75) is 12.5 Å². The molecule has 0 amide bonds. The van der Waals surface area contributed by atoms with E-state index in [1.165, 1.54) is 0 Å². The van der Waals surface area contributed by atoms with Crippen LogP contribution in [0.4, 0.5) is 0 Å². The van der Waals surface area contributed by atoms with Crippen molar-refractivity contribution >= 4 is 0 Å². The number of hydrogen-bond donors (Lipinski definition) is 1. The zero-order chi connectivity index (χ0) is 6.53. The van der Waals surface area contributed by atoms with Gasteiger partial charge in [0.1, 0.15) is 0 Å². The standard InChI is InChI=1S/C7H13NO/c1-2-3-4-8-7-5-9-6-7/h2,7-8H,1,3-6H2. The molecule has 1 saturated heterocycles. The van der Waals surface area contributed by atoms with Gasteiger partial charge in [-0.25, -0.2) is 0 Å². The van der Waals surface area contributed by atoms with Gasteiger partial charge in [-0.2, -0.15) is 0 Å². The van der Waals surface area contributed by atoms with E-state index in [2.05, 4.69) is 11.9 Å². The molecule has 0 aromatic heterocycles. The van der Waals surface area contributed by atoms with E-state index in [0.29, 0.717) is 6.04 Å². The van der Waals surface area contributed by atoms with Crippen LogP contribution in [0, 0.1) is 0 Å². The smallest absolute Gasteiger partial charge is 0.0643 e. The lowest BCUT2D eigenvalue weighted by Gasteiger charge is -2.26. The Bertz CT molecular complexity index is 88.9. The summed E-state index contributed by atoms with van der Waals surface area (Å²) in [5, 5.41) is 3.32. The molecule has 2 nitrogen and oxygen atoms in total. The number of rotatable bonds is 4. The van der Waals surface area contributed by atoms with Crippen LogP contribution in [0.5, 0.6) is 0 Å². The summed E-state index contributed by atoms with van der Waals surface area (Å²) >= 11 is 0. The van der Waals surface area contributed by atoms with Gasteiger partial charge in [-0.3, -0.25) is 0 Å². The molecular weight excluding hydrogens is 114 g/mol. The molecule has 0 radical (unpaired) electrons. The first kappa shape index (κ1) is 6.78. The van der Waals surface area contributed by atoms with Crippen molar-refractivity contribution in [3.63, 3.8) is 0 Å². The third kappa shape index (κ3) is 2.16. The first-order chi connectivity index (χ1) is 4.43. The summed E-state index contributed by atoms with van der Waals surface area (Å²) in [6.07, 6.45) is 2.98. The van der Waals surface area contributed by atoms with Crippen molar-refractivity contribution in [3.05, 3.63) is 12.7 Å². The number of ether oxygens (including phenoxy) is 1. The Kier molecular flexibility index (Phi) is 2.74. The van der Waals surface area contributed by atoms with E-state index in [9.17, 15) is 0 Å². The molecule has 0 aromatic rings. The van der Waals surface area contributed by atoms with Crippen molar-refractivity contribution in [2.75, 3.05) is 19.8 Å². The van der Waals surface area contributed by atoms with Crippen molar-refractivity contribution in [1.29, 1.82) is 0 Å². The average Bonchev–Trinajstić information content (AvgIpc) is 1.76. The lowest BCUT2D eigenvalue weighted by atomic mass is 10.2. The third-order valence-corrected chi connectivity index (χ3v) is 1.42. The molecular formula is C7H13NO. The quantitative estimate of drug-likeness (QED) is 0.440. The van der Waals surface area contributed by atoms with Crippen LogP contribution in [0.25, 0.3) is 0 Å². The van der Waals surface area contributed by atoms with E-state index in [4.69, 9.17) is 4.74 Å². The van der Waals surface area contributed by atoms with E-state index in [-0.39, 0.29) is 0 Å². The van der Waals surface area contributed by atoms with Gasteiger partial charge in [0.25, 0.3) is 0 Å². The topological polar surface area (TPSA) is 21.3 Å². The largest absolute Gasteiger partial charge is 0.378 e. The predicted octanol–water partition coefficient (Wildman–Crippen LogP) is 0.551. The summed E-state index contributed by atoms with van der Waals surface area (Å²) in [5.74, 6) is 0. The van der Waals surface area contributed by atoms with Gasteiger partial charge >= 0.3 is 0 Å². The van der Waals surface area contributed by atoms with Crippen LogP contribution in [0.1, 0.15) is 6.42 Å². The molecule has 1 N–H and O–H groups in total. The zero-order valence-corrected chi connectivity index (χ0v) is 5.60. The Balaban J connectivity index is 1.85. The zero-order valence-electron chi connectivity index (χ0n) is 5.60. The highest BCUT2D eigenvalue weighted by molar-refractivity contribution is 4.75. The molecule has 1 heterocycles.